The van der Waals surface area contributed by atoms with Gasteiger partial charge < -0.3 is 20.1 Å². The highest BCUT2D eigenvalue weighted by atomic mass is 16.5. The summed E-state index contributed by atoms with van der Waals surface area (Å²) < 4.78 is 5.59. The number of carboxylic acids is 1. The molecule has 0 aliphatic heterocycles. The Labute approximate surface area is 207 Å². The Kier molecular flexibility index (Phi) is 8.54. The molecule has 1 aliphatic carbocycles. The molecule has 0 saturated carbocycles. The molecule has 3 rings (SSSR count). The Bertz CT molecular complexity index is 1010. The van der Waals surface area contributed by atoms with Crippen LogP contribution in [0.5, 0.6) is 0 Å². The summed E-state index contributed by atoms with van der Waals surface area (Å²) >= 11 is 0. The van der Waals surface area contributed by atoms with Gasteiger partial charge in [0.25, 0.3) is 0 Å². The molecule has 1 aliphatic rings. The molecule has 0 fully saturated rings. The van der Waals surface area contributed by atoms with Crippen molar-refractivity contribution in [2.75, 3.05) is 13.2 Å². The van der Waals surface area contributed by atoms with Gasteiger partial charge in [-0.1, -0.05) is 48.5 Å². The van der Waals surface area contributed by atoms with Crippen LogP contribution >= 0.6 is 0 Å². The summed E-state index contributed by atoms with van der Waals surface area (Å²) in [5.74, 6) is -0.990. The number of alkyl carbamates (subject to hydrolysis) is 1. The van der Waals surface area contributed by atoms with E-state index >= 15 is 0 Å². The topological polar surface area (TPSA) is 95.9 Å². The summed E-state index contributed by atoms with van der Waals surface area (Å²) in [4.78, 5) is 37.7. The Balaban J connectivity index is 1.46. The third-order valence-electron chi connectivity index (χ3n) is 6.40. The van der Waals surface area contributed by atoms with Crippen molar-refractivity contribution in [2.24, 2.45) is 0 Å². The van der Waals surface area contributed by atoms with Crippen LogP contribution in [0.3, 0.4) is 0 Å². The van der Waals surface area contributed by atoms with Crippen molar-refractivity contribution in [1.29, 1.82) is 0 Å². The van der Waals surface area contributed by atoms with Crippen LogP contribution in [0.4, 0.5) is 4.79 Å². The Hall–Kier alpha value is -3.35. The van der Waals surface area contributed by atoms with Gasteiger partial charge >= 0.3 is 12.1 Å². The number of aliphatic carboxylic acids is 1. The summed E-state index contributed by atoms with van der Waals surface area (Å²) in [6.07, 6.45) is 0.954. The third-order valence-corrected chi connectivity index (χ3v) is 6.40. The monoisotopic (exact) mass is 480 g/mol. The Morgan fingerprint density at radius 1 is 1.00 bits per heavy atom. The second kappa shape index (κ2) is 11.4. The molecule has 2 aromatic carbocycles. The molecule has 0 bridgehead atoms. The van der Waals surface area contributed by atoms with Gasteiger partial charge in [-0.15, -0.1) is 0 Å². The molecule has 2 N–H and O–H groups in total. The summed E-state index contributed by atoms with van der Waals surface area (Å²) in [5, 5.41) is 11.8. The van der Waals surface area contributed by atoms with Crippen LogP contribution in [-0.2, 0) is 14.3 Å². The molecule has 35 heavy (non-hydrogen) atoms. The second-order valence-corrected chi connectivity index (χ2v) is 10.1. The summed E-state index contributed by atoms with van der Waals surface area (Å²) in [6.45, 7) is 8.02. The van der Waals surface area contributed by atoms with E-state index in [9.17, 15) is 14.4 Å². The first-order chi connectivity index (χ1) is 16.6. The number of hydrogen-bond acceptors (Lipinski definition) is 4. The molecule has 0 radical (unpaired) electrons. The molecule has 2 amide bonds. The number of nitrogens with zero attached hydrogens (tertiary/aromatic N) is 1. The van der Waals surface area contributed by atoms with E-state index < -0.39 is 17.6 Å². The highest BCUT2D eigenvalue weighted by molar-refractivity contribution is 5.79. The Morgan fingerprint density at radius 2 is 1.57 bits per heavy atom. The highest BCUT2D eigenvalue weighted by Crippen LogP contribution is 2.44. The summed E-state index contributed by atoms with van der Waals surface area (Å²) in [7, 11) is 0. The molecule has 0 spiro atoms. The molecule has 1 unspecified atom stereocenters. The molecular weight excluding hydrogens is 444 g/mol. The fourth-order valence-electron chi connectivity index (χ4n) is 4.65. The first-order valence-corrected chi connectivity index (χ1v) is 12.2. The van der Waals surface area contributed by atoms with Gasteiger partial charge in [0.15, 0.2) is 0 Å². The quantitative estimate of drug-likeness (QED) is 0.488. The SMILES string of the molecule is CC(CCCC(=O)N(CCC(=O)O)C(C)(C)C)NC(=O)OCC1c2ccccc2-c2ccccc21. The minimum absolute atomic E-state index is 0.00950. The number of carbonyl (C=O) groups excluding carboxylic acids is 2. The smallest absolute Gasteiger partial charge is 0.407 e. The van der Waals surface area contributed by atoms with Gasteiger partial charge in [-0.25, -0.2) is 4.79 Å². The number of rotatable bonds is 10. The van der Waals surface area contributed by atoms with E-state index in [2.05, 4.69) is 29.6 Å². The first-order valence-electron chi connectivity index (χ1n) is 12.2. The summed E-state index contributed by atoms with van der Waals surface area (Å²) in [5.41, 5.74) is 4.25. The number of ether oxygens (including phenoxy) is 1. The molecule has 0 aromatic heterocycles. The lowest BCUT2D eigenvalue weighted by molar-refractivity contribution is -0.140. The molecular formula is C28H36N2O5. The molecule has 7 nitrogen and oxygen atoms in total. The molecule has 7 heteroatoms. The molecule has 0 heterocycles. The normalized spacial score (nSPS) is 13.5. The van der Waals surface area contributed by atoms with Crippen molar-refractivity contribution in [3.63, 3.8) is 0 Å². The van der Waals surface area contributed by atoms with E-state index in [1.54, 1.807) is 4.90 Å². The second-order valence-electron chi connectivity index (χ2n) is 10.1. The minimum Gasteiger partial charge on any atom is -0.481 e. The number of hydrogen-bond donors (Lipinski definition) is 2. The van der Waals surface area contributed by atoms with E-state index in [4.69, 9.17) is 9.84 Å². The lowest BCUT2D eigenvalue weighted by atomic mass is 9.98. The molecule has 1 atom stereocenters. The number of fused-ring (bicyclic) bond motifs is 3. The van der Waals surface area contributed by atoms with Gasteiger partial charge in [0.2, 0.25) is 5.91 Å². The van der Waals surface area contributed by atoms with Crippen LogP contribution < -0.4 is 5.32 Å². The van der Waals surface area contributed by atoms with Crippen LogP contribution in [0.15, 0.2) is 48.5 Å². The maximum atomic E-state index is 12.7. The van der Waals surface area contributed by atoms with Crippen LogP contribution in [-0.4, -0.2) is 52.7 Å². The number of carboxylic acid groups (broad SMARTS) is 1. The van der Waals surface area contributed by atoms with Crippen LogP contribution in [0.2, 0.25) is 0 Å². The Morgan fingerprint density at radius 3 is 2.11 bits per heavy atom. The average Bonchev–Trinajstić information content (AvgIpc) is 3.10. The lowest BCUT2D eigenvalue weighted by Gasteiger charge is -2.35. The van der Waals surface area contributed by atoms with Gasteiger partial charge in [-0.3, -0.25) is 9.59 Å². The van der Waals surface area contributed by atoms with Crippen molar-refractivity contribution in [2.45, 2.75) is 70.9 Å². The lowest BCUT2D eigenvalue weighted by Crippen LogP contribution is -2.46. The predicted molar refractivity (Wildman–Crippen MR) is 135 cm³/mol. The number of amides is 2. The van der Waals surface area contributed by atoms with Gasteiger partial charge in [-0.05, 0) is 62.8 Å². The number of nitrogens with one attached hydrogen (secondary N) is 1. The van der Waals surface area contributed by atoms with Crippen LogP contribution in [0.1, 0.15) is 70.4 Å². The minimum atomic E-state index is -0.923. The van der Waals surface area contributed by atoms with Crippen LogP contribution in [0.25, 0.3) is 11.1 Å². The zero-order chi connectivity index (χ0) is 25.6. The van der Waals surface area contributed by atoms with Gasteiger partial charge in [0.05, 0.1) is 6.42 Å². The zero-order valence-corrected chi connectivity index (χ0v) is 21.0. The third kappa shape index (κ3) is 6.84. The van der Waals surface area contributed by atoms with Crippen LogP contribution in [0, 0.1) is 0 Å². The van der Waals surface area contributed by atoms with Crippen molar-refractivity contribution >= 4 is 18.0 Å². The maximum Gasteiger partial charge on any atom is 0.407 e. The van der Waals surface area contributed by atoms with E-state index in [0.29, 0.717) is 19.3 Å². The van der Waals surface area contributed by atoms with E-state index in [1.165, 1.54) is 22.3 Å². The van der Waals surface area contributed by atoms with Gasteiger partial charge in [0, 0.05) is 30.5 Å². The van der Waals surface area contributed by atoms with Gasteiger partial charge in [0.1, 0.15) is 6.61 Å². The van der Waals surface area contributed by atoms with E-state index in [-0.39, 0.29) is 37.4 Å². The number of carbonyl (C=O) groups is 3. The predicted octanol–water partition coefficient (Wildman–Crippen LogP) is 5.19. The standard InChI is InChI=1S/C28H36N2O5/c1-19(10-9-15-25(31)30(28(2,3)4)17-16-26(32)33)29-27(34)35-18-24-22-13-7-5-11-20(22)21-12-6-8-14-23(21)24/h5-8,11-14,19,24H,9-10,15-18H2,1-4H3,(H,29,34)(H,32,33). The summed E-state index contributed by atoms with van der Waals surface area (Å²) in [6, 6.07) is 16.3. The van der Waals surface area contributed by atoms with E-state index in [0.717, 1.165) is 0 Å². The van der Waals surface area contributed by atoms with Crippen molar-refractivity contribution in [3.05, 3.63) is 59.7 Å². The van der Waals surface area contributed by atoms with Crippen molar-refractivity contribution in [3.8, 4) is 11.1 Å². The highest BCUT2D eigenvalue weighted by Gasteiger charge is 2.29. The first kappa shape index (κ1) is 26.3. The maximum absolute atomic E-state index is 12.7. The van der Waals surface area contributed by atoms with Gasteiger partial charge in [-0.2, -0.15) is 0 Å². The molecule has 0 saturated heterocycles. The van der Waals surface area contributed by atoms with Crippen molar-refractivity contribution < 1.29 is 24.2 Å². The average molecular weight is 481 g/mol. The molecule has 188 valence electrons. The number of benzene rings is 2. The zero-order valence-electron chi connectivity index (χ0n) is 21.0. The molecule has 2 aromatic rings. The fraction of sp³-hybridized carbons (Fsp3) is 0.464. The van der Waals surface area contributed by atoms with E-state index in [1.807, 2.05) is 52.0 Å². The van der Waals surface area contributed by atoms with Crippen molar-refractivity contribution in [1.82, 2.24) is 10.2 Å². The largest absolute Gasteiger partial charge is 0.481 e. The fourth-order valence-corrected chi connectivity index (χ4v) is 4.65.